The Morgan fingerprint density at radius 1 is 0.544 bits per heavy atom. The molecule has 0 aliphatic rings. The van der Waals surface area contributed by atoms with Gasteiger partial charge in [0.05, 0.1) is 18.7 Å². The van der Waals surface area contributed by atoms with Crippen LogP contribution in [0.4, 0.5) is 0 Å². The van der Waals surface area contributed by atoms with Gasteiger partial charge in [0, 0.05) is 25.9 Å². The maximum Gasteiger partial charge on any atom is 0.326 e. The van der Waals surface area contributed by atoms with Crippen LogP contribution in [-0.2, 0) is 51.2 Å². The molecule has 0 aliphatic heterocycles. The maximum atomic E-state index is 14.2. The fourth-order valence-corrected chi connectivity index (χ4v) is 7.31. The fourth-order valence-electron chi connectivity index (χ4n) is 7.31. The van der Waals surface area contributed by atoms with Gasteiger partial charge in [-0.05, 0) is 54.6 Å². The first-order valence-corrected chi connectivity index (χ1v) is 23.6. The molecule has 0 saturated heterocycles. The number of nitrogens with two attached hydrogens (primary N) is 1. The molecular weight excluding hydrogens is 875 g/mol. The monoisotopic (exact) mass is 952 g/mol. The first-order valence-electron chi connectivity index (χ1n) is 23.6. The van der Waals surface area contributed by atoms with E-state index in [4.69, 9.17) is 5.73 Å². The lowest BCUT2D eigenvalue weighted by Gasteiger charge is -2.29. The van der Waals surface area contributed by atoms with Gasteiger partial charge in [0.25, 0.3) is 0 Å². The second-order valence-corrected chi connectivity index (χ2v) is 18.6. The molecule has 2 aromatic carbocycles. The Bertz CT molecular complexity index is 1930. The SMILES string of the molecule is CC[C@H](C)[C@H](NCCN)C(=O)N[C@@H](CC(C)C)C(=O)NCC(=O)N[C@@H](Cc1ccccc1)C(=O)N[C@H](C(=O)N[C@@H](Cc1ccccc1)C(=O)N[C@H](C(=O)N[C@@H](CC(C)C)C(=O)O)[C@@H](C)O)C(C)C. The van der Waals surface area contributed by atoms with E-state index in [2.05, 4.69) is 42.5 Å². The molecule has 0 aliphatic carbocycles. The van der Waals surface area contributed by atoms with Crippen LogP contribution in [0.1, 0.15) is 92.7 Å². The van der Waals surface area contributed by atoms with Crippen LogP contribution >= 0.6 is 0 Å². The number of carbonyl (C=O) groups is 8. The molecule has 2 rings (SSSR count). The summed E-state index contributed by atoms with van der Waals surface area (Å²) in [6, 6.07) is 9.22. The average Bonchev–Trinajstić information content (AvgIpc) is 3.28. The number of hydrogen-bond donors (Lipinski definition) is 11. The normalized spacial score (nSPS) is 15.3. The predicted molar refractivity (Wildman–Crippen MR) is 258 cm³/mol. The van der Waals surface area contributed by atoms with E-state index in [-0.39, 0.29) is 49.3 Å². The first-order chi connectivity index (χ1) is 32.1. The highest BCUT2D eigenvalue weighted by molar-refractivity contribution is 5.97. The maximum absolute atomic E-state index is 14.2. The molecule has 0 aromatic heterocycles. The number of carboxylic acid groups (broad SMARTS) is 1. The molecule has 0 radical (unpaired) electrons. The third-order valence-electron chi connectivity index (χ3n) is 11.2. The van der Waals surface area contributed by atoms with E-state index in [0.29, 0.717) is 30.6 Å². The van der Waals surface area contributed by atoms with Gasteiger partial charge in [-0.2, -0.15) is 0 Å². The Morgan fingerprint density at radius 3 is 1.44 bits per heavy atom. The summed E-state index contributed by atoms with van der Waals surface area (Å²) in [5.41, 5.74) is 6.98. The fraction of sp³-hybridized carbons (Fsp3) is 0.592. The van der Waals surface area contributed by atoms with Crippen molar-refractivity contribution in [3.63, 3.8) is 0 Å². The summed E-state index contributed by atoms with van der Waals surface area (Å²) in [4.78, 5) is 108. The first kappa shape index (κ1) is 58.2. The van der Waals surface area contributed by atoms with E-state index in [1.54, 1.807) is 88.4 Å². The van der Waals surface area contributed by atoms with Crippen LogP contribution in [0, 0.1) is 23.7 Å². The van der Waals surface area contributed by atoms with Crippen molar-refractivity contribution in [3.8, 4) is 0 Å². The van der Waals surface area contributed by atoms with Crippen LogP contribution in [0.15, 0.2) is 60.7 Å². The van der Waals surface area contributed by atoms with Crippen molar-refractivity contribution in [2.75, 3.05) is 19.6 Å². The van der Waals surface area contributed by atoms with E-state index in [0.717, 1.165) is 0 Å². The molecule has 19 heteroatoms. The quantitative estimate of drug-likeness (QED) is 0.0516. The molecule has 0 unspecified atom stereocenters. The van der Waals surface area contributed by atoms with Gasteiger partial charge in [-0.25, -0.2) is 4.79 Å². The van der Waals surface area contributed by atoms with Crippen molar-refractivity contribution in [3.05, 3.63) is 71.8 Å². The number of carboxylic acids is 1. The van der Waals surface area contributed by atoms with Crippen LogP contribution in [0.3, 0.4) is 0 Å². The number of hydrogen-bond acceptors (Lipinski definition) is 11. The molecule has 0 bridgehead atoms. The largest absolute Gasteiger partial charge is 0.480 e. The van der Waals surface area contributed by atoms with Gasteiger partial charge >= 0.3 is 5.97 Å². The van der Waals surface area contributed by atoms with Gasteiger partial charge in [0.2, 0.25) is 41.4 Å². The summed E-state index contributed by atoms with van der Waals surface area (Å²) < 4.78 is 0. The van der Waals surface area contributed by atoms with E-state index < -0.39 is 102 Å². The van der Waals surface area contributed by atoms with Crippen LogP contribution in [0.25, 0.3) is 0 Å². The van der Waals surface area contributed by atoms with Crippen LogP contribution in [0.5, 0.6) is 0 Å². The van der Waals surface area contributed by atoms with Crippen molar-refractivity contribution in [2.45, 2.75) is 143 Å². The standard InChI is InChI=1S/C49H77N9O10/c1-10-31(8)41(51-22-21-50)47(65)54-35(23-28(2)3)43(61)52-27-39(60)53-36(25-33-17-13-11-14-18-33)44(62)57-40(30(6)7)46(64)55-37(26-34-19-15-12-16-20-34)45(63)58-42(32(9)59)48(66)56-38(49(67)68)24-29(4)5/h11-20,28-32,35-38,40-42,51,59H,10,21-27,50H2,1-9H3,(H,52,61)(H,53,60)(H,54,65)(H,55,64)(H,56,66)(H,57,62)(H,58,63)(H,67,68)/t31-,32+,35-,36-,37-,38-,40-,41-,42-/m0/s1. The number of aliphatic hydroxyl groups is 1. The number of amides is 7. The molecule has 0 heterocycles. The minimum Gasteiger partial charge on any atom is -0.480 e. The smallest absolute Gasteiger partial charge is 0.326 e. The average molecular weight is 952 g/mol. The summed E-state index contributed by atoms with van der Waals surface area (Å²) in [5.74, 6) is -6.97. The molecule has 2 aromatic rings. The highest BCUT2D eigenvalue weighted by Gasteiger charge is 2.36. The number of benzene rings is 2. The molecule has 7 amide bonds. The Balaban J connectivity index is 2.34. The molecule has 19 nitrogen and oxygen atoms in total. The van der Waals surface area contributed by atoms with E-state index in [1.807, 2.05) is 27.7 Å². The van der Waals surface area contributed by atoms with Crippen LogP contribution in [-0.4, -0.2) is 126 Å². The topological polar surface area (TPSA) is 299 Å². The second-order valence-electron chi connectivity index (χ2n) is 18.6. The summed E-state index contributed by atoms with van der Waals surface area (Å²) in [6.45, 7) is 16.0. The number of nitrogens with one attached hydrogen (secondary N) is 8. The number of rotatable bonds is 30. The number of aliphatic hydroxyl groups excluding tert-OH is 1. The second kappa shape index (κ2) is 29.8. The van der Waals surface area contributed by atoms with Crippen LogP contribution in [0.2, 0.25) is 0 Å². The molecular formula is C49H77N9O10. The zero-order valence-corrected chi connectivity index (χ0v) is 41.1. The summed E-state index contributed by atoms with van der Waals surface area (Å²) in [7, 11) is 0. The Labute approximate surface area is 401 Å². The van der Waals surface area contributed by atoms with Crippen molar-refractivity contribution >= 4 is 47.3 Å². The Kier molecular flexibility index (Phi) is 25.5. The summed E-state index contributed by atoms with van der Waals surface area (Å²) in [5, 5.41) is 41.9. The molecule has 378 valence electrons. The van der Waals surface area contributed by atoms with Gasteiger partial charge in [0.1, 0.15) is 36.3 Å². The van der Waals surface area contributed by atoms with Crippen molar-refractivity contribution in [1.29, 1.82) is 0 Å². The lowest BCUT2D eigenvalue weighted by atomic mass is 9.96. The van der Waals surface area contributed by atoms with Gasteiger partial charge in [-0.1, -0.05) is 122 Å². The third kappa shape index (κ3) is 20.5. The molecule has 0 spiro atoms. The van der Waals surface area contributed by atoms with Crippen molar-refractivity contribution in [2.24, 2.45) is 29.4 Å². The van der Waals surface area contributed by atoms with Crippen molar-refractivity contribution < 1.29 is 48.6 Å². The van der Waals surface area contributed by atoms with Gasteiger partial charge in [-0.15, -0.1) is 0 Å². The number of carbonyl (C=O) groups excluding carboxylic acids is 7. The molecule has 0 saturated carbocycles. The minimum atomic E-state index is -1.59. The summed E-state index contributed by atoms with van der Waals surface area (Å²) in [6.07, 6.45) is -0.451. The van der Waals surface area contributed by atoms with E-state index in [9.17, 15) is 48.6 Å². The molecule has 12 N–H and O–H groups in total. The number of aliphatic carboxylic acids is 1. The highest BCUT2D eigenvalue weighted by Crippen LogP contribution is 2.13. The van der Waals surface area contributed by atoms with Gasteiger partial charge < -0.3 is 58.5 Å². The van der Waals surface area contributed by atoms with Crippen molar-refractivity contribution in [1.82, 2.24) is 42.5 Å². The molecule has 68 heavy (non-hydrogen) atoms. The minimum absolute atomic E-state index is 0.000629. The van der Waals surface area contributed by atoms with E-state index in [1.165, 1.54) is 6.92 Å². The van der Waals surface area contributed by atoms with Gasteiger partial charge in [-0.3, -0.25) is 33.6 Å². The zero-order chi connectivity index (χ0) is 51.1. The van der Waals surface area contributed by atoms with Gasteiger partial charge in [0.15, 0.2) is 0 Å². The lowest BCUT2D eigenvalue weighted by Crippen LogP contribution is -2.62. The Hall–Kier alpha value is -5.92. The molecule has 0 fully saturated rings. The Morgan fingerprint density at radius 2 is 0.985 bits per heavy atom. The third-order valence-corrected chi connectivity index (χ3v) is 11.2. The highest BCUT2D eigenvalue weighted by atomic mass is 16.4. The zero-order valence-electron chi connectivity index (χ0n) is 41.1. The predicted octanol–water partition coefficient (Wildman–Crippen LogP) is 0.673. The van der Waals surface area contributed by atoms with Crippen LogP contribution < -0.4 is 48.3 Å². The summed E-state index contributed by atoms with van der Waals surface area (Å²) >= 11 is 0. The lowest BCUT2D eigenvalue weighted by molar-refractivity contribution is -0.143. The van der Waals surface area contributed by atoms with E-state index >= 15 is 0 Å². The molecule has 9 atom stereocenters.